The lowest BCUT2D eigenvalue weighted by Gasteiger charge is -2.00. The van der Waals surface area contributed by atoms with E-state index >= 15 is 0 Å². The van der Waals surface area contributed by atoms with Gasteiger partial charge in [0.15, 0.2) is 0 Å². The van der Waals surface area contributed by atoms with Crippen LogP contribution in [0.2, 0.25) is 0 Å². The number of hydrogen-bond donors (Lipinski definition) is 0. The molecule has 1 atom stereocenters. The predicted octanol–water partition coefficient (Wildman–Crippen LogP) is 2.46. The largest absolute Gasteiger partial charge is 0.372 e. The molecule has 0 aromatic heterocycles. The van der Waals surface area contributed by atoms with Crippen LogP contribution in [0.15, 0.2) is 23.1 Å². The van der Waals surface area contributed by atoms with Crippen molar-refractivity contribution in [3.05, 3.63) is 29.8 Å². The summed E-state index contributed by atoms with van der Waals surface area (Å²) in [5, 5.41) is 0. The first-order valence-electron chi connectivity index (χ1n) is 3.95. The Kier molecular flexibility index (Phi) is 2.51. The number of epoxide rings is 1. The van der Waals surface area contributed by atoms with Crippen LogP contribution in [-0.4, -0.2) is 18.5 Å². The molecule has 1 aromatic rings. The number of thioether (sulfide) groups is 1. The standard InChI is InChI=1S/C9H8F2OS/c10-6-1-2-8(11)9(3-6)13-5-7-4-12-7/h1-3,7H,4-5H2. The van der Waals surface area contributed by atoms with E-state index in [0.29, 0.717) is 10.6 Å². The van der Waals surface area contributed by atoms with Crippen LogP contribution in [0, 0.1) is 11.6 Å². The lowest BCUT2D eigenvalue weighted by atomic mass is 10.3. The monoisotopic (exact) mass is 202 g/mol. The molecule has 0 N–H and O–H groups in total. The summed E-state index contributed by atoms with van der Waals surface area (Å²) in [6.45, 7) is 0.740. The second-order valence-corrected chi connectivity index (χ2v) is 3.90. The summed E-state index contributed by atoms with van der Waals surface area (Å²) >= 11 is 1.29. The van der Waals surface area contributed by atoms with Crippen LogP contribution in [0.4, 0.5) is 8.78 Å². The minimum atomic E-state index is -0.402. The average molecular weight is 202 g/mol. The average Bonchev–Trinajstić information content (AvgIpc) is 2.90. The molecule has 1 heterocycles. The van der Waals surface area contributed by atoms with Crippen molar-refractivity contribution in [2.24, 2.45) is 0 Å². The Morgan fingerprint density at radius 1 is 1.46 bits per heavy atom. The van der Waals surface area contributed by atoms with E-state index in [9.17, 15) is 8.78 Å². The van der Waals surface area contributed by atoms with Gasteiger partial charge in [-0.15, -0.1) is 11.8 Å². The third-order valence-corrected chi connectivity index (χ3v) is 2.88. The van der Waals surface area contributed by atoms with Crippen LogP contribution < -0.4 is 0 Å². The zero-order valence-corrected chi connectivity index (χ0v) is 7.61. The molecule has 0 radical (unpaired) electrons. The Bertz CT molecular complexity index is 312. The van der Waals surface area contributed by atoms with Crippen LogP contribution in [0.25, 0.3) is 0 Å². The maximum Gasteiger partial charge on any atom is 0.136 e. The van der Waals surface area contributed by atoms with Crippen molar-refractivity contribution in [1.82, 2.24) is 0 Å². The van der Waals surface area contributed by atoms with Crippen LogP contribution in [-0.2, 0) is 4.74 Å². The predicted molar refractivity (Wildman–Crippen MR) is 46.8 cm³/mol. The molecule has 2 rings (SSSR count). The number of rotatable bonds is 3. The summed E-state index contributed by atoms with van der Waals surface area (Å²) < 4.78 is 30.7. The van der Waals surface area contributed by atoms with Crippen LogP contribution in [0.5, 0.6) is 0 Å². The fraction of sp³-hybridized carbons (Fsp3) is 0.333. The molecule has 0 bridgehead atoms. The summed E-state index contributed by atoms with van der Waals surface area (Å²) in [7, 11) is 0. The Morgan fingerprint density at radius 3 is 2.92 bits per heavy atom. The van der Waals surface area contributed by atoms with Gasteiger partial charge in [-0.3, -0.25) is 0 Å². The molecule has 1 saturated heterocycles. The number of ether oxygens (including phenoxy) is 1. The molecule has 70 valence electrons. The highest BCUT2D eigenvalue weighted by Gasteiger charge is 2.22. The van der Waals surface area contributed by atoms with Gasteiger partial charge in [0.1, 0.15) is 11.6 Å². The lowest BCUT2D eigenvalue weighted by molar-refractivity contribution is 0.426. The highest BCUT2D eigenvalue weighted by atomic mass is 32.2. The molecule has 0 amide bonds. The molecule has 0 saturated carbocycles. The van der Waals surface area contributed by atoms with Crippen molar-refractivity contribution in [3.8, 4) is 0 Å². The molecule has 0 spiro atoms. The van der Waals surface area contributed by atoms with Crippen LogP contribution in [0.3, 0.4) is 0 Å². The smallest absolute Gasteiger partial charge is 0.136 e. The summed E-state index contributed by atoms with van der Waals surface area (Å²) in [4.78, 5) is 0.357. The molecule has 1 aliphatic rings. The second kappa shape index (κ2) is 3.64. The fourth-order valence-electron chi connectivity index (χ4n) is 0.935. The SMILES string of the molecule is Fc1ccc(F)c(SCC2CO2)c1. The Morgan fingerprint density at radius 2 is 2.23 bits per heavy atom. The second-order valence-electron chi connectivity index (χ2n) is 2.84. The van der Waals surface area contributed by atoms with Gasteiger partial charge < -0.3 is 4.74 Å². The van der Waals surface area contributed by atoms with Gasteiger partial charge in [-0.05, 0) is 18.2 Å². The lowest BCUT2D eigenvalue weighted by Crippen LogP contribution is -1.91. The first kappa shape index (κ1) is 8.97. The van der Waals surface area contributed by atoms with Crippen molar-refractivity contribution >= 4 is 11.8 Å². The van der Waals surface area contributed by atoms with Gasteiger partial charge in [0, 0.05) is 10.6 Å². The van der Waals surface area contributed by atoms with E-state index in [4.69, 9.17) is 4.74 Å². The highest BCUT2D eigenvalue weighted by Crippen LogP contribution is 2.26. The molecule has 1 fully saturated rings. The minimum Gasteiger partial charge on any atom is -0.372 e. The summed E-state index contributed by atoms with van der Waals surface area (Å²) in [5.74, 6) is -0.0759. The summed E-state index contributed by atoms with van der Waals surface area (Å²) in [6.07, 6.45) is 0.229. The maximum atomic E-state index is 13.0. The zero-order valence-electron chi connectivity index (χ0n) is 6.80. The molecular formula is C9H8F2OS. The van der Waals surface area contributed by atoms with Crippen molar-refractivity contribution in [2.75, 3.05) is 12.4 Å². The van der Waals surface area contributed by atoms with E-state index < -0.39 is 5.82 Å². The van der Waals surface area contributed by atoms with Crippen molar-refractivity contribution in [2.45, 2.75) is 11.0 Å². The molecule has 0 aliphatic carbocycles. The molecule has 1 aromatic carbocycles. The first-order valence-corrected chi connectivity index (χ1v) is 4.94. The molecule has 4 heteroatoms. The third kappa shape index (κ3) is 2.42. The molecular weight excluding hydrogens is 194 g/mol. The van der Waals surface area contributed by atoms with Crippen molar-refractivity contribution in [3.63, 3.8) is 0 Å². The number of benzene rings is 1. The van der Waals surface area contributed by atoms with Gasteiger partial charge >= 0.3 is 0 Å². The summed E-state index contributed by atoms with van der Waals surface area (Å²) in [6, 6.07) is 3.47. The van der Waals surface area contributed by atoms with E-state index in [0.717, 1.165) is 18.7 Å². The van der Waals surface area contributed by atoms with E-state index in [1.54, 1.807) is 0 Å². The van der Waals surface area contributed by atoms with Crippen molar-refractivity contribution in [1.29, 1.82) is 0 Å². The van der Waals surface area contributed by atoms with Crippen LogP contribution in [0.1, 0.15) is 0 Å². The van der Waals surface area contributed by atoms with Gasteiger partial charge in [0.2, 0.25) is 0 Å². The van der Waals surface area contributed by atoms with Gasteiger partial charge in [0.05, 0.1) is 12.7 Å². The van der Waals surface area contributed by atoms with Gasteiger partial charge in [-0.2, -0.15) is 0 Å². The quantitative estimate of drug-likeness (QED) is 0.551. The van der Waals surface area contributed by atoms with E-state index in [1.165, 1.54) is 17.8 Å². The van der Waals surface area contributed by atoms with Gasteiger partial charge in [-0.25, -0.2) is 8.78 Å². The maximum absolute atomic E-state index is 13.0. The fourth-order valence-corrected chi connectivity index (χ4v) is 1.89. The number of halogens is 2. The van der Waals surface area contributed by atoms with E-state index in [-0.39, 0.29) is 11.9 Å². The topological polar surface area (TPSA) is 12.5 Å². The first-order chi connectivity index (χ1) is 6.25. The van der Waals surface area contributed by atoms with Crippen molar-refractivity contribution < 1.29 is 13.5 Å². The minimum absolute atomic E-state index is 0.229. The van der Waals surface area contributed by atoms with Crippen LogP contribution >= 0.6 is 11.8 Å². The Hall–Kier alpha value is -0.610. The zero-order chi connectivity index (χ0) is 9.26. The molecule has 1 aliphatic heterocycles. The Balaban J connectivity index is 2.03. The molecule has 1 unspecified atom stereocenters. The highest BCUT2D eigenvalue weighted by molar-refractivity contribution is 7.99. The number of hydrogen-bond acceptors (Lipinski definition) is 2. The molecule has 1 nitrogen and oxygen atoms in total. The van der Waals surface area contributed by atoms with Gasteiger partial charge in [0.25, 0.3) is 0 Å². The Labute approximate surface area is 79.1 Å². The third-order valence-electron chi connectivity index (χ3n) is 1.72. The summed E-state index contributed by atoms with van der Waals surface area (Å²) in [5.41, 5.74) is 0. The van der Waals surface area contributed by atoms with Gasteiger partial charge in [-0.1, -0.05) is 0 Å². The van der Waals surface area contributed by atoms with E-state index in [2.05, 4.69) is 0 Å². The molecule has 13 heavy (non-hydrogen) atoms. The normalized spacial score (nSPS) is 20.3. The van der Waals surface area contributed by atoms with E-state index in [1.807, 2.05) is 0 Å².